The standard InChI is InChI=1S/C20H26N2O/c1-16(2)14-22-13-7-11-19(22)18-10-6-12-21-20(18)23-15-17-8-4-3-5-9-17/h3-6,8-10,12,16,19H,7,11,13-15H2,1-2H3. The molecule has 0 bridgehead atoms. The molecule has 1 aromatic carbocycles. The number of likely N-dealkylation sites (tertiary alicyclic amines) is 1. The molecule has 3 heteroatoms. The van der Waals surface area contributed by atoms with Crippen molar-refractivity contribution in [1.29, 1.82) is 0 Å². The molecule has 0 spiro atoms. The molecule has 1 unspecified atom stereocenters. The van der Waals surface area contributed by atoms with Crippen LogP contribution in [-0.2, 0) is 6.61 Å². The van der Waals surface area contributed by atoms with E-state index in [4.69, 9.17) is 4.74 Å². The molecular weight excluding hydrogens is 284 g/mol. The van der Waals surface area contributed by atoms with Crippen molar-refractivity contribution in [3.8, 4) is 5.88 Å². The molecule has 122 valence electrons. The van der Waals surface area contributed by atoms with Crippen molar-refractivity contribution >= 4 is 0 Å². The second kappa shape index (κ2) is 7.60. The second-order valence-corrected chi connectivity index (χ2v) is 6.72. The lowest BCUT2D eigenvalue weighted by molar-refractivity contribution is 0.217. The van der Waals surface area contributed by atoms with E-state index in [0.717, 1.165) is 12.4 Å². The summed E-state index contributed by atoms with van der Waals surface area (Å²) < 4.78 is 6.05. The Balaban J connectivity index is 1.75. The number of aromatic nitrogens is 1. The zero-order valence-corrected chi connectivity index (χ0v) is 14.1. The van der Waals surface area contributed by atoms with E-state index in [-0.39, 0.29) is 0 Å². The Morgan fingerprint density at radius 3 is 2.78 bits per heavy atom. The molecule has 1 aliphatic rings. The van der Waals surface area contributed by atoms with Gasteiger partial charge in [0.25, 0.3) is 0 Å². The molecule has 1 saturated heterocycles. The second-order valence-electron chi connectivity index (χ2n) is 6.72. The first kappa shape index (κ1) is 16.0. The van der Waals surface area contributed by atoms with Gasteiger partial charge in [-0.2, -0.15) is 0 Å². The number of rotatable bonds is 6. The average Bonchev–Trinajstić information content (AvgIpc) is 3.01. The van der Waals surface area contributed by atoms with Crippen molar-refractivity contribution in [1.82, 2.24) is 9.88 Å². The summed E-state index contributed by atoms with van der Waals surface area (Å²) in [6.07, 6.45) is 4.27. The van der Waals surface area contributed by atoms with Crippen LogP contribution in [0.4, 0.5) is 0 Å². The highest BCUT2D eigenvalue weighted by Crippen LogP contribution is 2.36. The van der Waals surface area contributed by atoms with E-state index in [2.05, 4.69) is 41.9 Å². The third-order valence-electron chi connectivity index (χ3n) is 4.34. The van der Waals surface area contributed by atoms with Gasteiger partial charge in [0.2, 0.25) is 5.88 Å². The molecule has 2 heterocycles. The number of hydrogen-bond donors (Lipinski definition) is 0. The zero-order chi connectivity index (χ0) is 16.1. The van der Waals surface area contributed by atoms with Gasteiger partial charge in [0.1, 0.15) is 6.61 Å². The fourth-order valence-electron chi connectivity index (χ4n) is 3.37. The van der Waals surface area contributed by atoms with E-state index in [1.165, 1.54) is 30.5 Å². The highest BCUT2D eigenvalue weighted by atomic mass is 16.5. The van der Waals surface area contributed by atoms with Crippen LogP contribution in [0.1, 0.15) is 43.9 Å². The molecule has 0 amide bonds. The SMILES string of the molecule is CC(C)CN1CCCC1c1cccnc1OCc1ccccc1. The highest BCUT2D eigenvalue weighted by molar-refractivity contribution is 5.30. The van der Waals surface area contributed by atoms with Crippen LogP contribution in [0.2, 0.25) is 0 Å². The molecule has 3 rings (SSSR count). The molecule has 1 aliphatic heterocycles. The highest BCUT2D eigenvalue weighted by Gasteiger charge is 2.29. The average molecular weight is 310 g/mol. The molecule has 0 aliphatic carbocycles. The summed E-state index contributed by atoms with van der Waals surface area (Å²) in [5.74, 6) is 1.47. The van der Waals surface area contributed by atoms with Crippen molar-refractivity contribution in [2.24, 2.45) is 5.92 Å². The Bertz CT molecular complexity index is 612. The van der Waals surface area contributed by atoms with E-state index in [1.807, 2.05) is 30.5 Å². The Morgan fingerprint density at radius 2 is 2.00 bits per heavy atom. The van der Waals surface area contributed by atoms with Crippen LogP contribution in [0, 0.1) is 5.92 Å². The van der Waals surface area contributed by atoms with E-state index in [1.54, 1.807) is 0 Å². The van der Waals surface area contributed by atoms with E-state index in [0.29, 0.717) is 18.6 Å². The minimum Gasteiger partial charge on any atom is -0.473 e. The zero-order valence-electron chi connectivity index (χ0n) is 14.1. The maximum absolute atomic E-state index is 6.05. The summed E-state index contributed by atoms with van der Waals surface area (Å²) in [6, 6.07) is 14.9. The van der Waals surface area contributed by atoms with Gasteiger partial charge in [0, 0.05) is 24.3 Å². The molecule has 1 fully saturated rings. The molecule has 0 N–H and O–H groups in total. The van der Waals surface area contributed by atoms with Crippen LogP contribution < -0.4 is 4.74 Å². The monoisotopic (exact) mass is 310 g/mol. The summed E-state index contributed by atoms with van der Waals surface area (Å²) >= 11 is 0. The molecule has 1 atom stereocenters. The van der Waals surface area contributed by atoms with Gasteiger partial charge in [0.05, 0.1) is 0 Å². The van der Waals surface area contributed by atoms with E-state index in [9.17, 15) is 0 Å². The van der Waals surface area contributed by atoms with Crippen molar-refractivity contribution in [3.63, 3.8) is 0 Å². The normalized spacial score (nSPS) is 18.5. The van der Waals surface area contributed by atoms with Crippen LogP contribution in [-0.4, -0.2) is 23.0 Å². The van der Waals surface area contributed by atoms with Crippen LogP contribution >= 0.6 is 0 Å². The molecule has 3 nitrogen and oxygen atoms in total. The Kier molecular flexibility index (Phi) is 5.29. The number of benzene rings is 1. The number of pyridine rings is 1. The van der Waals surface area contributed by atoms with Crippen molar-refractivity contribution in [3.05, 3.63) is 59.8 Å². The lowest BCUT2D eigenvalue weighted by atomic mass is 10.1. The molecule has 2 aromatic rings. The summed E-state index contributed by atoms with van der Waals surface area (Å²) in [6.45, 7) is 7.45. The maximum Gasteiger partial charge on any atom is 0.218 e. The minimum atomic E-state index is 0.442. The molecule has 1 aromatic heterocycles. The lowest BCUT2D eigenvalue weighted by Gasteiger charge is -2.27. The van der Waals surface area contributed by atoms with Crippen molar-refractivity contribution in [2.75, 3.05) is 13.1 Å². The Labute approximate surface area is 139 Å². The van der Waals surface area contributed by atoms with Gasteiger partial charge in [-0.1, -0.05) is 50.2 Å². The van der Waals surface area contributed by atoms with Gasteiger partial charge < -0.3 is 4.74 Å². The number of ether oxygens (including phenoxy) is 1. The van der Waals surface area contributed by atoms with Gasteiger partial charge in [0.15, 0.2) is 0 Å². The predicted molar refractivity (Wildman–Crippen MR) is 93.4 cm³/mol. The molecule has 0 radical (unpaired) electrons. The lowest BCUT2D eigenvalue weighted by Crippen LogP contribution is -2.27. The summed E-state index contributed by atoms with van der Waals surface area (Å²) in [4.78, 5) is 7.08. The van der Waals surface area contributed by atoms with E-state index >= 15 is 0 Å². The van der Waals surface area contributed by atoms with Gasteiger partial charge in [-0.15, -0.1) is 0 Å². The number of nitrogens with zero attached hydrogens (tertiary/aromatic N) is 2. The first-order valence-corrected chi connectivity index (χ1v) is 8.59. The van der Waals surface area contributed by atoms with Gasteiger partial charge in [-0.25, -0.2) is 4.98 Å². The van der Waals surface area contributed by atoms with Crippen molar-refractivity contribution < 1.29 is 4.74 Å². The summed E-state index contributed by atoms with van der Waals surface area (Å²) in [5.41, 5.74) is 2.41. The van der Waals surface area contributed by atoms with Gasteiger partial charge >= 0.3 is 0 Å². The molecule has 23 heavy (non-hydrogen) atoms. The molecule has 0 saturated carbocycles. The third-order valence-corrected chi connectivity index (χ3v) is 4.34. The first-order chi connectivity index (χ1) is 11.2. The van der Waals surface area contributed by atoms with Crippen LogP contribution in [0.3, 0.4) is 0 Å². The fourth-order valence-corrected chi connectivity index (χ4v) is 3.37. The summed E-state index contributed by atoms with van der Waals surface area (Å²) in [5, 5.41) is 0. The predicted octanol–water partition coefficient (Wildman–Crippen LogP) is 4.45. The maximum atomic E-state index is 6.05. The largest absolute Gasteiger partial charge is 0.473 e. The Morgan fingerprint density at radius 1 is 1.17 bits per heavy atom. The number of hydrogen-bond acceptors (Lipinski definition) is 3. The Hall–Kier alpha value is -1.87. The van der Waals surface area contributed by atoms with E-state index < -0.39 is 0 Å². The fraction of sp³-hybridized carbons (Fsp3) is 0.450. The smallest absolute Gasteiger partial charge is 0.218 e. The summed E-state index contributed by atoms with van der Waals surface area (Å²) in [7, 11) is 0. The quantitative estimate of drug-likeness (QED) is 0.788. The third kappa shape index (κ3) is 4.11. The van der Waals surface area contributed by atoms with Crippen LogP contribution in [0.5, 0.6) is 5.88 Å². The topological polar surface area (TPSA) is 25.4 Å². The minimum absolute atomic E-state index is 0.442. The first-order valence-electron chi connectivity index (χ1n) is 8.59. The van der Waals surface area contributed by atoms with Crippen LogP contribution in [0.25, 0.3) is 0 Å². The van der Waals surface area contributed by atoms with Crippen LogP contribution in [0.15, 0.2) is 48.7 Å². The van der Waals surface area contributed by atoms with Crippen molar-refractivity contribution in [2.45, 2.75) is 39.3 Å². The van der Waals surface area contributed by atoms with Gasteiger partial charge in [-0.05, 0) is 36.9 Å². The van der Waals surface area contributed by atoms with Gasteiger partial charge in [-0.3, -0.25) is 4.90 Å². The molecular formula is C20H26N2O.